The van der Waals surface area contributed by atoms with Gasteiger partial charge in [0, 0.05) is 37.5 Å². The van der Waals surface area contributed by atoms with Crippen molar-refractivity contribution < 1.29 is 0 Å². The van der Waals surface area contributed by atoms with Gasteiger partial charge in [-0.25, -0.2) is 9.97 Å². The maximum Gasteiger partial charge on any atom is 0.228 e. The number of fused-ring (bicyclic) bond motifs is 3. The minimum atomic E-state index is 0.536. The molecule has 0 aromatic carbocycles. The molecule has 0 spiro atoms. The van der Waals surface area contributed by atoms with Crippen LogP contribution in [0.5, 0.6) is 0 Å². The van der Waals surface area contributed by atoms with Crippen LogP contribution in [0.4, 0.5) is 11.8 Å². The Labute approximate surface area is 174 Å². The van der Waals surface area contributed by atoms with E-state index in [4.69, 9.17) is 0 Å². The van der Waals surface area contributed by atoms with E-state index >= 15 is 0 Å². The normalized spacial score (nSPS) is 22.8. The highest BCUT2D eigenvalue weighted by atomic mass is 15.3. The fourth-order valence-corrected chi connectivity index (χ4v) is 5.29. The second-order valence-electron chi connectivity index (χ2n) is 8.63. The van der Waals surface area contributed by atoms with E-state index in [1.807, 2.05) is 25.2 Å². The van der Waals surface area contributed by atoms with Crippen LogP contribution in [0.25, 0.3) is 16.9 Å². The van der Waals surface area contributed by atoms with Crippen LogP contribution in [-0.2, 0) is 13.5 Å². The molecule has 3 atom stereocenters. The Hall–Kier alpha value is -3.29. The van der Waals surface area contributed by atoms with Crippen LogP contribution in [0.15, 0.2) is 42.9 Å². The van der Waals surface area contributed by atoms with Gasteiger partial charge >= 0.3 is 0 Å². The Balaban J connectivity index is 1.25. The van der Waals surface area contributed by atoms with Gasteiger partial charge in [-0.3, -0.25) is 9.08 Å². The molecule has 2 aliphatic rings. The summed E-state index contributed by atoms with van der Waals surface area (Å²) in [6, 6.07) is 7.92. The lowest BCUT2D eigenvalue weighted by Crippen LogP contribution is -2.14. The third kappa shape index (κ3) is 3.03. The first-order valence-corrected chi connectivity index (χ1v) is 10.6. The second kappa shape index (κ2) is 6.90. The molecule has 2 fully saturated rings. The molecule has 0 aliphatic heterocycles. The van der Waals surface area contributed by atoms with Gasteiger partial charge in [-0.1, -0.05) is 6.42 Å². The molecule has 8 nitrogen and oxygen atoms in total. The summed E-state index contributed by atoms with van der Waals surface area (Å²) < 4.78 is 3.88. The lowest BCUT2D eigenvalue weighted by Gasteiger charge is -2.20. The number of pyridine rings is 1. The number of hydrogen-bond donors (Lipinski definition) is 1. The maximum atomic E-state index is 4.66. The smallest absolute Gasteiger partial charge is 0.228 e. The van der Waals surface area contributed by atoms with Gasteiger partial charge in [0.05, 0.1) is 11.9 Å². The molecule has 2 aliphatic carbocycles. The quantitative estimate of drug-likeness (QED) is 0.550. The zero-order chi connectivity index (χ0) is 20.1. The first-order chi connectivity index (χ1) is 14.7. The summed E-state index contributed by atoms with van der Waals surface area (Å²) in [7, 11) is 1.87. The van der Waals surface area contributed by atoms with E-state index in [0.717, 1.165) is 52.7 Å². The van der Waals surface area contributed by atoms with Crippen molar-refractivity contribution in [2.24, 2.45) is 24.8 Å². The van der Waals surface area contributed by atoms with Gasteiger partial charge in [0.15, 0.2) is 5.65 Å². The molecule has 6 rings (SSSR count). The van der Waals surface area contributed by atoms with Gasteiger partial charge in [-0.15, -0.1) is 10.2 Å². The van der Waals surface area contributed by atoms with Crippen LogP contribution < -0.4 is 5.32 Å². The van der Waals surface area contributed by atoms with E-state index in [-0.39, 0.29) is 0 Å². The van der Waals surface area contributed by atoms with Gasteiger partial charge in [0.2, 0.25) is 5.95 Å². The highest BCUT2D eigenvalue weighted by Gasteiger charge is 2.39. The predicted octanol–water partition coefficient (Wildman–Crippen LogP) is 3.64. The molecule has 8 heteroatoms. The van der Waals surface area contributed by atoms with Crippen molar-refractivity contribution in [3.05, 3.63) is 48.7 Å². The van der Waals surface area contributed by atoms with E-state index in [0.29, 0.717) is 5.95 Å². The van der Waals surface area contributed by atoms with Crippen LogP contribution in [-0.4, -0.2) is 34.3 Å². The molecule has 0 saturated heterocycles. The van der Waals surface area contributed by atoms with E-state index in [2.05, 4.69) is 47.2 Å². The number of aryl methyl sites for hydroxylation is 1. The molecule has 0 amide bonds. The van der Waals surface area contributed by atoms with Crippen LogP contribution in [0.3, 0.4) is 0 Å². The molecule has 2 bridgehead atoms. The minimum absolute atomic E-state index is 0.536. The molecule has 0 radical (unpaired) electrons. The molecule has 4 heterocycles. The van der Waals surface area contributed by atoms with Crippen molar-refractivity contribution >= 4 is 17.4 Å². The highest BCUT2D eigenvalue weighted by Crippen LogP contribution is 2.49. The summed E-state index contributed by atoms with van der Waals surface area (Å²) >= 11 is 0. The molecular weight excluding hydrogens is 376 g/mol. The number of hydrogen-bond acceptors (Lipinski definition) is 6. The standard InChI is InChI=1S/C22H24N8/c1-29-19(5-8-24-29)26-22-23-7-4-18(25-22)16-6-9-30-20(12-16)27-28-21(30)13-17-11-14-2-3-15(17)10-14/h4-9,12,14-15,17H,2-3,10-11,13H2,1H3,(H,23,25,26). The maximum absolute atomic E-state index is 4.66. The highest BCUT2D eigenvalue weighted by molar-refractivity contribution is 5.65. The first kappa shape index (κ1) is 17.6. The Morgan fingerprint density at radius 2 is 2.07 bits per heavy atom. The van der Waals surface area contributed by atoms with Gasteiger partial charge in [-0.2, -0.15) is 5.10 Å². The lowest BCUT2D eigenvalue weighted by molar-refractivity contribution is 0.326. The fourth-order valence-electron chi connectivity index (χ4n) is 5.29. The van der Waals surface area contributed by atoms with Crippen LogP contribution in [0, 0.1) is 17.8 Å². The van der Waals surface area contributed by atoms with Crippen LogP contribution in [0.2, 0.25) is 0 Å². The summed E-state index contributed by atoms with van der Waals surface area (Å²) in [5.41, 5.74) is 2.71. The van der Waals surface area contributed by atoms with E-state index in [1.165, 1.54) is 25.7 Å². The van der Waals surface area contributed by atoms with Crippen molar-refractivity contribution in [1.82, 2.24) is 34.3 Å². The number of nitrogens with one attached hydrogen (secondary N) is 1. The third-order valence-corrected chi connectivity index (χ3v) is 6.82. The molecule has 30 heavy (non-hydrogen) atoms. The minimum Gasteiger partial charge on any atom is -0.309 e. The number of rotatable bonds is 5. The second-order valence-corrected chi connectivity index (χ2v) is 8.63. The van der Waals surface area contributed by atoms with Crippen molar-refractivity contribution in [2.75, 3.05) is 5.32 Å². The number of nitrogens with zero attached hydrogens (tertiary/aromatic N) is 7. The lowest BCUT2D eigenvalue weighted by atomic mass is 9.86. The summed E-state index contributed by atoms with van der Waals surface area (Å²) in [5.74, 6) is 5.08. The average Bonchev–Trinajstić information content (AvgIpc) is 3.55. The predicted molar refractivity (Wildman–Crippen MR) is 113 cm³/mol. The SMILES string of the molecule is Cn1nccc1Nc1nccc(-c2ccn3c(CC4CC5CCC4C5)nnc3c2)n1. The van der Waals surface area contributed by atoms with E-state index in [9.17, 15) is 0 Å². The van der Waals surface area contributed by atoms with Gasteiger partial charge in [-0.05, 0) is 55.2 Å². The molecular formula is C22H24N8. The molecule has 3 unspecified atom stereocenters. The van der Waals surface area contributed by atoms with Crippen LogP contribution >= 0.6 is 0 Å². The van der Waals surface area contributed by atoms with Gasteiger partial charge in [0.25, 0.3) is 0 Å². The van der Waals surface area contributed by atoms with Crippen LogP contribution in [0.1, 0.15) is 31.5 Å². The summed E-state index contributed by atoms with van der Waals surface area (Å²) in [5, 5.41) is 16.3. The Morgan fingerprint density at radius 1 is 1.10 bits per heavy atom. The third-order valence-electron chi connectivity index (χ3n) is 6.82. The Bertz CT molecular complexity index is 1210. The zero-order valence-electron chi connectivity index (χ0n) is 16.9. The van der Waals surface area contributed by atoms with E-state index in [1.54, 1.807) is 17.1 Å². The van der Waals surface area contributed by atoms with Crippen molar-refractivity contribution in [2.45, 2.75) is 32.1 Å². The van der Waals surface area contributed by atoms with Crippen molar-refractivity contribution in [3.8, 4) is 11.3 Å². The Morgan fingerprint density at radius 3 is 2.87 bits per heavy atom. The number of anilines is 2. The number of aromatic nitrogens is 7. The van der Waals surface area contributed by atoms with Gasteiger partial charge < -0.3 is 5.32 Å². The van der Waals surface area contributed by atoms with Crippen molar-refractivity contribution in [1.29, 1.82) is 0 Å². The zero-order valence-corrected chi connectivity index (χ0v) is 16.9. The molecule has 4 aromatic rings. The fraction of sp³-hybridized carbons (Fsp3) is 0.409. The monoisotopic (exact) mass is 400 g/mol. The molecule has 152 valence electrons. The van der Waals surface area contributed by atoms with Crippen molar-refractivity contribution in [3.63, 3.8) is 0 Å². The van der Waals surface area contributed by atoms with E-state index < -0.39 is 0 Å². The molecule has 1 N–H and O–H groups in total. The summed E-state index contributed by atoms with van der Waals surface area (Å²) in [4.78, 5) is 8.99. The largest absolute Gasteiger partial charge is 0.309 e. The average molecular weight is 400 g/mol. The molecule has 2 saturated carbocycles. The van der Waals surface area contributed by atoms with Gasteiger partial charge in [0.1, 0.15) is 11.6 Å². The topological polar surface area (TPSA) is 85.8 Å². The molecule has 4 aromatic heterocycles. The summed E-state index contributed by atoms with van der Waals surface area (Å²) in [6.45, 7) is 0. The first-order valence-electron chi connectivity index (χ1n) is 10.6. The Kier molecular flexibility index (Phi) is 4.04. The summed E-state index contributed by atoms with van der Waals surface area (Å²) in [6.07, 6.45) is 12.2.